The molecule has 0 radical (unpaired) electrons. The smallest absolute Gasteiger partial charge is 0.246 e. The van der Waals surface area contributed by atoms with Crippen LogP contribution in [0.2, 0.25) is 0 Å². The molecule has 0 fully saturated rings. The van der Waals surface area contributed by atoms with Gasteiger partial charge < -0.3 is 10.6 Å². The van der Waals surface area contributed by atoms with E-state index in [0.29, 0.717) is 5.57 Å². The van der Waals surface area contributed by atoms with Gasteiger partial charge in [0, 0.05) is 12.1 Å². The molecular weight excluding hydrogens is 176 g/mol. The number of unbranched alkanes of at least 4 members (excludes halogenated alkanes) is 3. The molecule has 82 valence electrons. The van der Waals surface area contributed by atoms with Crippen LogP contribution >= 0.6 is 0 Å². The van der Waals surface area contributed by atoms with Gasteiger partial charge in [-0.2, -0.15) is 0 Å². The minimum Gasteiger partial charge on any atom is -0.352 e. The third-order valence-electron chi connectivity index (χ3n) is 2.03. The van der Waals surface area contributed by atoms with Crippen LogP contribution in [0.3, 0.4) is 0 Å². The van der Waals surface area contributed by atoms with E-state index in [4.69, 9.17) is 0 Å². The number of hydrogen-bond acceptors (Lipinski definition) is 2. The molecule has 0 spiro atoms. The van der Waals surface area contributed by atoms with E-state index in [1.165, 1.54) is 19.3 Å². The third-order valence-corrected chi connectivity index (χ3v) is 2.03. The number of rotatable bonds is 8. The first-order valence-electron chi connectivity index (χ1n) is 5.26. The summed E-state index contributed by atoms with van der Waals surface area (Å²) in [5, 5.41) is 5.93. The van der Waals surface area contributed by atoms with Crippen LogP contribution in [-0.4, -0.2) is 26.0 Å². The predicted octanol–water partition coefficient (Wildman–Crippen LogP) is 1.46. The Morgan fingerprint density at radius 3 is 2.21 bits per heavy atom. The van der Waals surface area contributed by atoms with Crippen molar-refractivity contribution in [3.63, 3.8) is 0 Å². The van der Waals surface area contributed by atoms with Crippen molar-refractivity contribution in [3.8, 4) is 0 Å². The van der Waals surface area contributed by atoms with Crippen LogP contribution in [0.15, 0.2) is 12.2 Å². The second kappa shape index (κ2) is 8.75. The maximum atomic E-state index is 11.1. The van der Waals surface area contributed by atoms with Crippen molar-refractivity contribution in [1.29, 1.82) is 0 Å². The van der Waals surface area contributed by atoms with Crippen LogP contribution < -0.4 is 10.6 Å². The zero-order chi connectivity index (χ0) is 10.8. The van der Waals surface area contributed by atoms with E-state index in [1.807, 2.05) is 7.05 Å². The molecule has 14 heavy (non-hydrogen) atoms. The number of carbonyl (C=O) groups excluding carboxylic acids is 1. The lowest BCUT2D eigenvalue weighted by atomic mass is 10.2. The van der Waals surface area contributed by atoms with Crippen LogP contribution in [0.1, 0.15) is 32.6 Å². The van der Waals surface area contributed by atoms with E-state index in [1.54, 1.807) is 6.92 Å². The summed E-state index contributed by atoms with van der Waals surface area (Å²) < 4.78 is 0. The average molecular weight is 198 g/mol. The van der Waals surface area contributed by atoms with Crippen LogP contribution in [-0.2, 0) is 4.79 Å². The number of carbonyl (C=O) groups is 1. The molecule has 0 aliphatic rings. The minimum absolute atomic E-state index is 0.0276. The molecule has 0 aliphatic heterocycles. The van der Waals surface area contributed by atoms with Crippen molar-refractivity contribution < 1.29 is 4.79 Å². The van der Waals surface area contributed by atoms with Gasteiger partial charge in [0.1, 0.15) is 0 Å². The molecule has 0 atom stereocenters. The van der Waals surface area contributed by atoms with Crippen LogP contribution in [0, 0.1) is 0 Å². The molecule has 0 heterocycles. The Kier molecular flexibility index (Phi) is 8.24. The van der Waals surface area contributed by atoms with E-state index < -0.39 is 0 Å². The zero-order valence-electron chi connectivity index (χ0n) is 9.36. The molecular formula is C11H22N2O. The fourth-order valence-corrected chi connectivity index (χ4v) is 1.13. The lowest BCUT2D eigenvalue weighted by Gasteiger charge is -2.04. The fourth-order valence-electron chi connectivity index (χ4n) is 1.13. The van der Waals surface area contributed by atoms with Gasteiger partial charge in [-0.15, -0.1) is 0 Å². The fraction of sp³-hybridized carbons (Fsp3) is 0.727. The van der Waals surface area contributed by atoms with Gasteiger partial charge in [-0.3, -0.25) is 4.79 Å². The summed E-state index contributed by atoms with van der Waals surface area (Å²) in [6, 6.07) is 0. The van der Waals surface area contributed by atoms with Gasteiger partial charge >= 0.3 is 0 Å². The first kappa shape index (κ1) is 13.2. The Bertz CT molecular complexity index is 178. The Morgan fingerprint density at radius 2 is 1.71 bits per heavy atom. The molecule has 0 aromatic rings. The first-order valence-corrected chi connectivity index (χ1v) is 5.26. The second-order valence-corrected chi connectivity index (χ2v) is 3.55. The molecule has 0 aromatic carbocycles. The van der Waals surface area contributed by atoms with Crippen LogP contribution in [0.4, 0.5) is 0 Å². The summed E-state index contributed by atoms with van der Waals surface area (Å²) in [6.45, 7) is 7.15. The second-order valence-electron chi connectivity index (χ2n) is 3.55. The van der Waals surface area contributed by atoms with Crippen molar-refractivity contribution >= 4 is 5.91 Å². The molecule has 0 aliphatic carbocycles. The van der Waals surface area contributed by atoms with Gasteiger partial charge in [0.2, 0.25) is 5.91 Å². The average Bonchev–Trinajstić information content (AvgIpc) is 2.16. The maximum Gasteiger partial charge on any atom is 0.246 e. The van der Waals surface area contributed by atoms with Gasteiger partial charge in [-0.25, -0.2) is 0 Å². The van der Waals surface area contributed by atoms with E-state index >= 15 is 0 Å². The van der Waals surface area contributed by atoms with Crippen molar-refractivity contribution in [3.05, 3.63) is 12.2 Å². The molecule has 3 nitrogen and oxygen atoms in total. The lowest BCUT2D eigenvalue weighted by molar-refractivity contribution is -0.117. The number of hydrogen-bond donors (Lipinski definition) is 2. The van der Waals surface area contributed by atoms with Gasteiger partial charge in [-0.05, 0) is 33.4 Å². The largest absolute Gasteiger partial charge is 0.352 e. The highest BCUT2D eigenvalue weighted by Crippen LogP contribution is 1.97. The Morgan fingerprint density at radius 1 is 1.14 bits per heavy atom. The van der Waals surface area contributed by atoms with E-state index in [-0.39, 0.29) is 5.91 Å². The van der Waals surface area contributed by atoms with Crippen molar-refractivity contribution in [2.45, 2.75) is 32.6 Å². The normalized spacial score (nSPS) is 9.86. The highest BCUT2D eigenvalue weighted by atomic mass is 16.1. The van der Waals surface area contributed by atoms with Gasteiger partial charge in [0.05, 0.1) is 0 Å². The Hall–Kier alpha value is -0.830. The zero-order valence-corrected chi connectivity index (χ0v) is 9.36. The van der Waals surface area contributed by atoms with Gasteiger partial charge in [0.15, 0.2) is 0 Å². The van der Waals surface area contributed by atoms with E-state index in [0.717, 1.165) is 19.5 Å². The molecule has 0 aromatic heterocycles. The topological polar surface area (TPSA) is 41.1 Å². The first-order chi connectivity index (χ1) is 6.68. The van der Waals surface area contributed by atoms with Gasteiger partial charge in [-0.1, -0.05) is 19.4 Å². The van der Waals surface area contributed by atoms with E-state index in [2.05, 4.69) is 17.2 Å². The van der Waals surface area contributed by atoms with Crippen LogP contribution in [0.25, 0.3) is 0 Å². The quantitative estimate of drug-likeness (QED) is 0.458. The molecule has 0 unspecified atom stereocenters. The highest BCUT2D eigenvalue weighted by Gasteiger charge is 1.98. The Balaban J connectivity index is 3.13. The maximum absolute atomic E-state index is 11.1. The van der Waals surface area contributed by atoms with E-state index in [9.17, 15) is 4.79 Å². The summed E-state index contributed by atoms with van der Waals surface area (Å²) in [4.78, 5) is 11.1. The van der Waals surface area contributed by atoms with Crippen molar-refractivity contribution in [2.24, 2.45) is 0 Å². The number of amides is 1. The van der Waals surface area contributed by atoms with Gasteiger partial charge in [0.25, 0.3) is 0 Å². The SMILES string of the molecule is C=C(C)C(=O)NCCCCCCNC. The van der Waals surface area contributed by atoms with Crippen molar-refractivity contribution in [1.82, 2.24) is 10.6 Å². The van der Waals surface area contributed by atoms with Crippen molar-refractivity contribution in [2.75, 3.05) is 20.1 Å². The van der Waals surface area contributed by atoms with Crippen LogP contribution in [0.5, 0.6) is 0 Å². The minimum atomic E-state index is -0.0276. The lowest BCUT2D eigenvalue weighted by Crippen LogP contribution is -2.24. The third kappa shape index (κ3) is 7.80. The highest BCUT2D eigenvalue weighted by molar-refractivity contribution is 5.91. The molecule has 2 N–H and O–H groups in total. The molecule has 0 bridgehead atoms. The molecule has 3 heteroatoms. The molecule has 0 saturated heterocycles. The summed E-state index contributed by atoms with van der Waals surface area (Å²) in [6.07, 6.45) is 4.68. The summed E-state index contributed by atoms with van der Waals surface area (Å²) in [5.74, 6) is -0.0276. The summed E-state index contributed by atoms with van der Waals surface area (Å²) in [5.41, 5.74) is 0.584. The molecule has 0 rings (SSSR count). The summed E-state index contributed by atoms with van der Waals surface area (Å²) in [7, 11) is 1.97. The molecule has 0 saturated carbocycles. The predicted molar refractivity (Wildman–Crippen MR) is 60.2 cm³/mol. The Labute approximate surface area is 87.0 Å². The standard InChI is InChI=1S/C11H22N2O/c1-10(2)11(14)13-9-7-5-4-6-8-12-3/h12H,1,4-9H2,2-3H3,(H,13,14). The number of nitrogens with one attached hydrogen (secondary N) is 2. The monoisotopic (exact) mass is 198 g/mol. The summed E-state index contributed by atoms with van der Waals surface area (Å²) >= 11 is 0. The molecule has 1 amide bonds.